The highest BCUT2D eigenvalue weighted by atomic mass is 79.9. The highest BCUT2D eigenvalue weighted by Gasteiger charge is 2.14. The number of aliphatic hydroxyl groups excluding tert-OH is 1. The molecule has 0 aliphatic heterocycles. The molecule has 100 valence electrons. The predicted octanol–water partition coefficient (Wildman–Crippen LogP) is 4.82. The van der Waals surface area contributed by atoms with Gasteiger partial charge in [0.1, 0.15) is 11.9 Å². The summed E-state index contributed by atoms with van der Waals surface area (Å²) in [6, 6.07) is 18.3. The van der Waals surface area contributed by atoms with Crippen LogP contribution in [0, 0.1) is 5.82 Å². The van der Waals surface area contributed by atoms with Gasteiger partial charge in [0.2, 0.25) is 0 Å². The molecular formula is C17H12BrFO. The summed E-state index contributed by atoms with van der Waals surface area (Å²) in [7, 11) is 0. The van der Waals surface area contributed by atoms with Crippen molar-refractivity contribution < 1.29 is 9.50 Å². The smallest absolute Gasteiger partial charge is 0.137 e. The Kier molecular flexibility index (Phi) is 3.55. The van der Waals surface area contributed by atoms with Crippen molar-refractivity contribution in [1.82, 2.24) is 0 Å². The minimum atomic E-state index is -0.780. The van der Waals surface area contributed by atoms with E-state index in [9.17, 15) is 9.50 Å². The fourth-order valence-electron chi connectivity index (χ4n) is 2.35. The van der Waals surface area contributed by atoms with Crippen molar-refractivity contribution in [3.05, 3.63) is 82.1 Å². The van der Waals surface area contributed by atoms with E-state index in [0.717, 1.165) is 16.3 Å². The molecule has 3 rings (SSSR count). The summed E-state index contributed by atoms with van der Waals surface area (Å²) >= 11 is 3.15. The molecular weight excluding hydrogens is 319 g/mol. The molecule has 0 heterocycles. The molecule has 3 heteroatoms. The molecule has 0 radical (unpaired) electrons. The minimum absolute atomic E-state index is 0.334. The Bertz CT molecular complexity index is 765. The highest BCUT2D eigenvalue weighted by Crippen LogP contribution is 2.30. The molecule has 0 saturated heterocycles. The molecule has 0 aromatic heterocycles. The zero-order valence-corrected chi connectivity index (χ0v) is 12.1. The number of hydrogen-bond donors (Lipinski definition) is 1. The van der Waals surface area contributed by atoms with Gasteiger partial charge in [-0.15, -0.1) is 0 Å². The summed E-state index contributed by atoms with van der Waals surface area (Å²) in [6.45, 7) is 0. The van der Waals surface area contributed by atoms with Crippen LogP contribution in [-0.4, -0.2) is 5.11 Å². The molecule has 3 aromatic carbocycles. The average molecular weight is 331 g/mol. The standard InChI is InChI=1S/C17H12BrFO/c18-15-10-12(8-9-16(15)19)17(20)14-7-3-5-11-4-1-2-6-13(11)14/h1-10,17,20H. The second kappa shape index (κ2) is 5.35. The third kappa shape index (κ3) is 2.35. The second-order valence-electron chi connectivity index (χ2n) is 4.64. The first kappa shape index (κ1) is 13.3. The maximum Gasteiger partial charge on any atom is 0.137 e. The molecule has 1 atom stereocenters. The molecule has 1 unspecified atom stereocenters. The van der Waals surface area contributed by atoms with Gasteiger partial charge < -0.3 is 5.11 Å². The summed E-state index contributed by atoms with van der Waals surface area (Å²) in [6.07, 6.45) is -0.780. The van der Waals surface area contributed by atoms with E-state index < -0.39 is 6.10 Å². The first-order valence-electron chi connectivity index (χ1n) is 6.27. The van der Waals surface area contributed by atoms with Gasteiger partial charge in [-0.25, -0.2) is 4.39 Å². The van der Waals surface area contributed by atoms with Crippen LogP contribution in [0.25, 0.3) is 10.8 Å². The van der Waals surface area contributed by atoms with Crippen molar-refractivity contribution >= 4 is 26.7 Å². The molecule has 0 spiro atoms. The predicted molar refractivity (Wildman–Crippen MR) is 82.1 cm³/mol. The van der Waals surface area contributed by atoms with Crippen LogP contribution in [0.3, 0.4) is 0 Å². The number of aliphatic hydroxyl groups is 1. The van der Waals surface area contributed by atoms with Gasteiger partial charge in [-0.3, -0.25) is 0 Å². The van der Waals surface area contributed by atoms with Crippen molar-refractivity contribution in [2.24, 2.45) is 0 Å². The molecule has 1 nitrogen and oxygen atoms in total. The summed E-state index contributed by atoms with van der Waals surface area (Å²) in [4.78, 5) is 0. The lowest BCUT2D eigenvalue weighted by Crippen LogP contribution is -2.01. The van der Waals surface area contributed by atoms with Gasteiger partial charge in [0, 0.05) is 0 Å². The monoisotopic (exact) mass is 330 g/mol. The zero-order valence-electron chi connectivity index (χ0n) is 10.6. The van der Waals surface area contributed by atoms with Crippen molar-refractivity contribution in [2.45, 2.75) is 6.10 Å². The van der Waals surface area contributed by atoms with Gasteiger partial charge in [-0.05, 0) is 50.0 Å². The zero-order chi connectivity index (χ0) is 14.1. The Morgan fingerprint density at radius 3 is 2.50 bits per heavy atom. The van der Waals surface area contributed by atoms with Crippen molar-refractivity contribution in [1.29, 1.82) is 0 Å². The molecule has 0 aliphatic carbocycles. The van der Waals surface area contributed by atoms with Crippen LogP contribution in [0.15, 0.2) is 65.1 Å². The van der Waals surface area contributed by atoms with Gasteiger partial charge >= 0.3 is 0 Å². The Hall–Kier alpha value is -1.71. The Morgan fingerprint density at radius 1 is 0.950 bits per heavy atom. The SMILES string of the molecule is OC(c1ccc(F)c(Br)c1)c1cccc2ccccc12. The van der Waals surface area contributed by atoms with Gasteiger partial charge in [-0.2, -0.15) is 0 Å². The topological polar surface area (TPSA) is 20.2 Å². The van der Waals surface area contributed by atoms with E-state index in [0.29, 0.717) is 10.0 Å². The lowest BCUT2D eigenvalue weighted by molar-refractivity contribution is 0.221. The van der Waals surface area contributed by atoms with Gasteiger partial charge in [0.05, 0.1) is 4.47 Å². The van der Waals surface area contributed by atoms with E-state index in [1.54, 1.807) is 12.1 Å². The molecule has 0 bridgehead atoms. The van der Waals surface area contributed by atoms with Gasteiger partial charge in [-0.1, -0.05) is 48.5 Å². The van der Waals surface area contributed by atoms with Crippen LogP contribution in [0.1, 0.15) is 17.2 Å². The maximum absolute atomic E-state index is 13.3. The first-order chi connectivity index (χ1) is 9.66. The van der Waals surface area contributed by atoms with E-state index in [1.165, 1.54) is 6.07 Å². The van der Waals surface area contributed by atoms with E-state index >= 15 is 0 Å². The number of benzene rings is 3. The van der Waals surface area contributed by atoms with Crippen LogP contribution < -0.4 is 0 Å². The third-order valence-electron chi connectivity index (χ3n) is 3.38. The van der Waals surface area contributed by atoms with Crippen LogP contribution in [0.4, 0.5) is 4.39 Å². The Balaban J connectivity index is 2.12. The maximum atomic E-state index is 13.3. The normalized spacial score (nSPS) is 12.6. The van der Waals surface area contributed by atoms with Crippen molar-refractivity contribution in [2.75, 3.05) is 0 Å². The van der Waals surface area contributed by atoms with Crippen LogP contribution in [-0.2, 0) is 0 Å². The van der Waals surface area contributed by atoms with E-state index in [1.807, 2.05) is 42.5 Å². The molecule has 0 amide bonds. The van der Waals surface area contributed by atoms with E-state index in [-0.39, 0.29) is 5.82 Å². The molecule has 0 aliphatic rings. The van der Waals surface area contributed by atoms with Gasteiger partial charge in [0.25, 0.3) is 0 Å². The van der Waals surface area contributed by atoms with Crippen molar-refractivity contribution in [3.8, 4) is 0 Å². The molecule has 3 aromatic rings. The highest BCUT2D eigenvalue weighted by molar-refractivity contribution is 9.10. The fourth-order valence-corrected chi connectivity index (χ4v) is 2.75. The summed E-state index contributed by atoms with van der Waals surface area (Å²) < 4.78 is 13.6. The van der Waals surface area contributed by atoms with Crippen LogP contribution >= 0.6 is 15.9 Å². The minimum Gasteiger partial charge on any atom is -0.384 e. The molecule has 20 heavy (non-hydrogen) atoms. The second-order valence-corrected chi connectivity index (χ2v) is 5.50. The molecule has 1 N–H and O–H groups in total. The average Bonchev–Trinajstić information content (AvgIpc) is 2.49. The lowest BCUT2D eigenvalue weighted by Gasteiger charge is -2.14. The number of halogens is 2. The first-order valence-corrected chi connectivity index (χ1v) is 7.07. The Labute approximate surface area is 124 Å². The van der Waals surface area contributed by atoms with Crippen LogP contribution in [0.2, 0.25) is 0 Å². The number of rotatable bonds is 2. The fraction of sp³-hybridized carbons (Fsp3) is 0.0588. The lowest BCUT2D eigenvalue weighted by atomic mass is 9.96. The van der Waals surface area contributed by atoms with Gasteiger partial charge in [0.15, 0.2) is 0 Å². The van der Waals surface area contributed by atoms with E-state index in [4.69, 9.17) is 0 Å². The quantitative estimate of drug-likeness (QED) is 0.714. The van der Waals surface area contributed by atoms with E-state index in [2.05, 4.69) is 15.9 Å². The molecule has 0 saturated carbocycles. The molecule has 0 fully saturated rings. The number of hydrogen-bond acceptors (Lipinski definition) is 1. The number of fused-ring (bicyclic) bond motifs is 1. The summed E-state index contributed by atoms with van der Waals surface area (Å²) in [5, 5.41) is 12.6. The van der Waals surface area contributed by atoms with Crippen molar-refractivity contribution in [3.63, 3.8) is 0 Å². The largest absolute Gasteiger partial charge is 0.384 e. The summed E-state index contributed by atoms with van der Waals surface area (Å²) in [5.74, 6) is -0.334. The Morgan fingerprint density at radius 2 is 1.70 bits per heavy atom. The summed E-state index contributed by atoms with van der Waals surface area (Å²) in [5.41, 5.74) is 1.48. The van der Waals surface area contributed by atoms with Crippen LogP contribution in [0.5, 0.6) is 0 Å². The third-order valence-corrected chi connectivity index (χ3v) is 3.99.